The largest absolute Gasteiger partial charge is 0.342 e. The second kappa shape index (κ2) is 6.62. The van der Waals surface area contributed by atoms with Gasteiger partial charge in [-0.05, 0) is 30.5 Å². The van der Waals surface area contributed by atoms with Crippen LogP contribution in [0.2, 0.25) is 5.02 Å². The molecular weight excluding hydrogens is 268 g/mol. The molecule has 1 saturated carbocycles. The maximum absolute atomic E-state index is 5.99. The maximum atomic E-state index is 5.99. The molecule has 1 N–H and O–H groups in total. The van der Waals surface area contributed by atoms with Gasteiger partial charge in [-0.2, -0.15) is 0 Å². The first-order valence-electron chi connectivity index (χ1n) is 7.95. The van der Waals surface area contributed by atoms with E-state index in [9.17, 15) is 0 Å². The lowest BCUT2D eigenvalue weighted by molar-refractivity contribution is 0.329. The van der Waals surface area contributed by atoms with E-state index in [0.29, 0.717) is 0 Å². The Bertz CT molecular complexity index is 555. The zero-order valence-electron chi connectivity index (χ0n) is 12.0. The van der Waals surface area contributed by atoms with E-state index >= 15 is 0 Å². The van der Waals surface area contributed by atoms with Crippen molar-refractivity contribution in [2.75, 3.05) is 0 Å². The lowest BCUT2D eigenvalue weighted by Gasteiger charge is -2.21. The molecule has 0 amide bonds. The molecule has 1 aliphatic carbocycles. The Morgan fingerprint density at radius 2 is 2.00 bits per heavy atom. The van der Waals surface area contributed by atoms with Crippen LogP contribution in [-0.2, 0) is 6.42 Å². The van der Waals surface area contributed by atoms with Gasteiger partial charge in [-0.3, -0.25) is 0 Å². The fourth-order valence-corrected chi connectivity index (χ4v) is 3.53. The average Bonchev–Trinajstić information content (AvgIpc) is 2.86. The molecule has 1 aromatic carbocycles. The molecule has 0 atom stereocenters. The Balaban J connectivity index is 1.47. The van der Waals surface area contributed by atoms with E-state index in [1.807, 2.05) is 18.2 Å². The summed E-state index contributed by atoms with van der Waals surface area (Å²) in [5, 5.41) is 0.769. The van der Waals surface area contributed by atoms with Gasteiger partial charge in [0.2, 0.25) is 0 Å². The number of aromatic nitrogens is 2. The van der Waals surface area contributed by atoms with Crippen LogP contribution < -0.4 is 0 Å². The molecule has 0 radical (unpaired) electrons. The number of rotatable bonds is 5. The minimum absolute atomic E-state index is 0.769. The molecule has 3 heteroatoms. The Morgan fingerprint density at radius 3 is 2.85 bits per heavy atom. The molecule has 1 fully saturated rings. The van der Waals surface area contributed by atoms with Crippen molar-refractivity contribution in [2.24, 2.45) is 5.92 Å². The number of unbranched alkanes of at least 4 members (excludes halogenated alkanes) is 1. The zero-order valence-corrected chi connectivity index (χ0v) is 12.8. The lowest BCUT2D eigenvalue weighted by atomic mass is 9.85. The van der Waals surface area contributed by atoms with Crippen molar-refractivity contribution in [1.82, 2.24) is 9.97 Å². The summed E-state index contributed by atoms with van der Waals surface area (Å²) in [6.07, 6.45) is 12.3. The van der Waals surface area contributed by atoms with E-state index in [2.05, 4.69) is 9.97 Å². The second-order valence-corrected chi connectivity index (χ2v) is 6.53. The van der Waals surface area contributed by atoms with Gasteiger partial charge < -0.3 is 4.98 Å². The Kier molecular flexibility index (Phi) is 4.62. The standard InChI is InChI=1S/C17H23ClN2/c18-14-10-11-15-16(12-14)20-17(19-15)9-5-4-8-13-6-2-1-3-7-13/h10-13H,1-9H2,(H,19,20). The molecule has 1 aliphatic rings. The molecule has 0 saturated heterocycles. The van der Waals surface area contributed by atoms with Gasteiger partial charge in [-0.15, -0.1) is 0 Å². The molecule has 0 unspecified atom stereocenters. The third-order valence-electron chi connectivity index (χ3n) is 4.49. The van der Waals surface area contributed by atoms with Crippen molar-refractivity contribution in [3.8, 4) is 0 Å². The van der Waals surface area contributed by atoms with Crippen molar-refractivity contribution in [3.63, 3.8) is 0 Å². The molecule has 108 valence electrons. The molecule has 0 spiro atoms. The molecule has 1 heterocycles. The van der Waals surface area contributed by atoms with Gasteiger partial charge in [0.1, 0.15) is 5.82 Å². The van der Waals surface area contributed by atoms with Crippen LogP contribution >= 0.6 is 11.6 Å². The first kappa shape index (κ1) is 13.9. The van der Waals surface area contributed by atoms with Crippen LogP contribution in [0.15, 0.2) is 18.2 Å². The monoisotopic (exact) mass is 290 g/mol. The molecule has 0 bridgehead atoms. The SMILES string of the molecule is Clc1ccc2nc(CCCCC3CCCCC3)[nH]c2c1. The van der Waals surface area contributed by atoms with E-state index in [4.69, 9.17) is 11.6 Å². The molecule has 2 nitrogen and oxygen atoms in total. The number of aromatic amines is 1. The Morgan fingerprint density at radius 1 is 1.15 bits per heavy atom. The van der Waals surface area contributed by atoms with Gasteiger partial charge in [0.05, 0.1) is 11.0 Å². The summed E-state index contributed by atoms with van der Waals surface area (Å²) in [5.74, 6) is 2.10. The number of nitrogens with zero attached hydrogens (tertiary/aromatic N) is 1. The number of hydrogen-bond donors (Lipinski definition) is 1. The smallest absolute Gasteiger partial charge is 0.107 e. The predicted molar refractivity (Wildman–Crippen MR) is 85.2 cm³/mol. The first-order chi connectivity index (χ1) is 9.81. The second-order valence-electron chi connectivity index (χ2n) is 6.09. The van der Waals surface area contributed by atoms with Crippen LogP contribution in [0.5, 0.6) is 0 Å². The highest BCUT2D eigenvalue weighted by Gasteiger charge is 2.12. The minimum atomic E-state index is 0.769. The number of H-pyrrole nitrogens is 1. The van der Waals surface area contributed by atoms with E-state index in [1.165, 1.54) is 51.4 Å². The van der Waals surface area contributed by atoms with Crippen LogP contribution in [-0.4, -0.2) is 9.97 Å². The summed E-state index contributed by atoms with van der Waals surface area (Å²) in [5.41, 5.74) is 2.08. The van der Waals surface area contributed by atoms with Crippen LogP contribution in [0, 0.1) is 5.92 Å². The van der Waals surface area contributed by atoms with E-state index in [-0.39, 0.29) is 0 Å². The highest BCUT2D eigenvalue weighted by Crippen LogP contribution is 2.28. The summed E-state index contributed by atoms with van der Waals surface area (Å²) >= 11 is 5.99. The highest BCUT2D eigenvalue weighted by molar-refractivity contribution is 6.31. The van der Waals surface area contributed by atoms with Crippen molar-refractivity contribution in [2.45, 2.75) is 57.8 Å². The fourth-order valence-electron chi connectivity index (χ4n) is 3.35. The molecule has 0 aliphatic heterocycles. The molecular formula is C17H23ClN2. The van der Waals surface area contributed by atoms with Gasteiger partial charge >= 0.3 is 0 Å². The fraction of sp³-hybridized carbons (Fsp3) is 0.588. The minimum Gasteiger partial charge on any atom is -0.342 e. The van der Waals surface area contributed by atoms with Crippen molar-refractivity contribution >= 4 is 22.6 Å². The third kappa shape index (κ3) is 3.54. The number of benzene rings is 1. The van der Waals surface area contributed by atoms with Crippen molar-refractivity contribution in [3.05, 3.63) is 29.0 Å². The summed E-state index contributed by atoms with van der Waals surface area (Å²) in [6, 6.07) is 5.84. The van der Waals surface area contributed by atoms with Gasteiger partial charge in [0, 0.05) is 11.4 Å². The van der Waals surface area contributed by atoms with Crippen LogP contribution in [0.3, 0.4) is 0 Å². The molecule has 2 aromatic rings. The van der Waals surface area contributed by atoms with E-state index < -0.39 is 0 Å². The number of aryl methyl sites for hydroxylation is 1. The predicted octanol–water partition coefficient (Wildman–Crippen LogP) is 5.51. The van der Waals surface area contributed by atoms with Crippen LogP contribution in [0.1, 0.15) is 57.2 Å². The number of fused-ring (bicyclic) bond motifs is 1. The van der Waals surface area contributed by atoms with Gasteiger partial charge in [-0.25, -0.2) is 4.98 Å². The normalized spacial score (nSPS) is 16.9. The summed E-state index contributed by atoms with van der Waals surface area (Å²) in [6.45, 7) is 0. The van der Waals surface area contributed by atoms with Gasteiger partial charge in [0.15, 0.2) is 0 Å². The van der Waals surface area contributed by atoms with Crippen molar-refractivity contribution in [1.29, 1.82) is 0 Å². The van der Waals surface area contributed by atoms with Crippen molar-refractivity contribution < 1.29 is 0 Å². The number of hydrogen-bond acceptors (Lipinski definition) is 1. The van der Waals surface area contributed by atoms with Gasteiger partial charge in [0.25, 0.3) is 0 Å². The molecule has 20 heavy (non-hydrogen) atoms. The summed E-state index contributed by atoms with van der Waals surface area (Å²) in [7, 11) is 0. The average molecular weight is 291 g/mol. The maximum Gasteiger partial charge on any atom is 0.107 e. The first-order valence-corrected chi connectivity index (χ1v) is 8.33. The number of nitrogens with one attached hydrogen (secondary N) is 1. The molecule has 3 rings (SSSR count). The number of halogens is 1. The number of imidazole rings is 1. The quantitative estimate of drug-likeness (QED) is 0.723. The van der Waals surface area contributed by atoms with E-state index in [0.717, 1.165) is 34.2 Å². The van der Waals surface area contributed by atoms with Crippen LogP contribution in [0.4, 0.5) is 0 Å². The topological polar surface area (TPSA) is 28.7 Å². The third-order valence-corrected chi connectivity index (χ3v) is 4.73. The van der Waals surface area contributed by atoms with Crippen LogP contribution in [0.25, 0.3) is 11.0 Å². The lowest BCUT2D eigenvalue weighted by Crippen LogP contribution is -2.06. The van der Waals surface area contributed by atoms with E-state index in [1.54, 1.807) is 0 Å². The molecule has 1 aromatic heterocycles. The Labute approximate surface area is 125 Å². The summed E-state index contributed by atoms with van der Waals surface area (Å²) in [4.78, 5) is 8.00. The van der Waals surface area contributed by atoms with Gasteiger partial charge in [-0.1, -0.05) is 56.5 Å². The highest BCUT2D eigenvalue weighted by atomic mass is 35.5. The zero-order chi connectivity index (χ0) is 13.8. The Hall–Kier alpha value is -1.02. The summed E-state index contributed by atoms with van der Waals surface area (Å²) < 4.78 is 0.